The Morgan fingerprint density at radius 2 is 1.83 bits per heavy atom. The molecule has 2 aliphatic rings. The molecule has 2 saturated heterocycles. The number of nitrogens with zero attached hydrogens (tertiary/aromatic N) is 4. The Hall–Kier alpha value is -3.48. The second-order valence-corrected chi connectivity index (χ2v) is 9.94. The standard InChI is InChI=1S/C28H31FN4O2/c1-20-30-13-16-33(20)19-22-5-3-4-6-25(22)26(34)32-14-11-28(12-15-32)18-24(31(2)27(28)35)17-21-7-9-23(29)10-8-21/h3-10,13,16,24H,11-12,14-15,17-19H2,1-2H3. The molecular formula is C28H31FN4O2. The lowest BCUT2D eigenvalue weighted by atomic mass is 9.75. The van der Waals surface area contributed by atoms with E-state index in [1.807, 2.05) is 58.8 Å². The number of carbonyl (C=O) groups excluding carboxylic acids is 2. The normalized spacial score (nSPS) is 19.5. The lowest BCUT2D eigenvalue weighted by Gasteiger charge is -2.38. The SMILES string of the molecule is Cc1nccn1Cc1ccccc1C(=O)N1CCC2(CC1)CC(Cc1ccc(F)cc1)N(C)C2=O. The van der Waals surface area contributed by atoms with Gasteiger partial charge >= 0.3 is 0 Å². The molecule has 5 rings (SSSR count). The maximum absolute atomic E-state index is 13.5. The molecule has 0 saturated carbocycles. The molecular weight excluding hydrogens is 443 g/mol. The van der Waals surface area contributed by atoms with Crippen LogP contribution in [-0.4, -0.2) is 57.3 Å². The van der Waals surface area contributed by atoms with Gasteiger partial charge in [0.2, 0.25) is 5.91 Å². The molecule has 2 amide bonds. The Morgan fingerprint density at radius 1 is 1.11 bits per heavy atom. The molecule has 7 heteroatoms. The summed E-state index contributed by atoms with van der Waals surface area (Å²) in [6.07, 6.45) is 6.52. The first-order valence-electron chi connectivity index (χ1n) is 12.2. The molecule has 0 N–H and O–H groups in total. The highest BCUT2D eigenvalue weighted by Gasteiger charge is 2.51. The van der Waals surface area contributed by atoms with Gasteiger partial charge in [0.05, 0.1) is 5.41 Å². The molecule has 0 bridgehead atoms. The van der Waals surface area contributed by atoms with Crippen LogP contribution in [0.15, 0.2) is 60.9 Å². The van der Waals surface area contributed by atoms with Crippen molar-refractivity contribution in [3.05, 3.63) is 89.3 Å². The average molecular weight is 475 g/mol. The van der Waals surface area contributed by atoms with Gasteiger partial charge in [0.25, 0.3) is 5.91 Å². The quantitative estimate of drug-likeness (QED) is 0.560. The number of carbonyl (C=O) groups is 2. The highest BCUT2D eigenvalue weighted by molar-refractivity contribution is 5.96. The first-order chi connectivity index (χ1) is 16.9. The first kappa shape index (κ1) is 23.3. The van der Waals surface area contributed by atoms with Crippen LogP contribution in [0.1, 0.15) is 46.6 Å². The van der Waals surface area contributed by atoms with Crippen molar-refractivity contribution in [2.24, 2.45) is 5.41 Å². The Labute approximate surface area is 205 Å². The van der Waals surface area contributed by atoms with Gasteiger partial charge in [-0.25, -0.2) is 9.37 Å². The largest absolute Gasteiger partial charge is 0.342 e. The molecule has 1 unspecified atom stereocenters. The molecule has 0 radical (unpaired) electrons. The van der Waals surface area contributed by atoms with Crippen molar-refractivity contribution in [1.82, 2.24) is 19.4 Å². The molecule has 3 aromatic rings. The molecule has 35 heavy (non-hydrogen) atoms. The van der Waals surface area contributed by atoms with Gasteiger partial charge < -0.3 is 14.4 Å². The molecule has 2 aliphatic heterocycles. The number of hydrogen-bond acceptors (Lipinski definition) is 3. The van der Waals surface area contributed by atoms with Crippen LogP contribution < -0.4 is 0 Å². The Morgan fingerprint density at radius 3 is 2.51 bits per heavy atom. The van der Waals surface area contributed by atoms with E-state index in [1.54, 1.807) is 18.3 Å². The van der Waals surface area contributed by atoms with Crippen LogP contribution in [0.5, 0.6) is 0 Å². The van der Waals surface area contributed by atoms with Gasteiger partial charge in [0.1, 0.15) is 11.6 Å². The van der Waals surface area contributed by atoms with E-state index in [2.05, 4.69) is 4.98 Å². The minimum atomic E-state index is -0.413. The number of rotatable bonds is 5. The molecule has 1 atom stereocenters. The summed E-state index contributed by atoms with van der Waals surface area (Å²) in [5.41, 5.74) is 2.30. The molecule has 0 aliphatic carbocycles. The molecule has 3 heterocycles. The third kappa shape index (κ3) is 4.47. The van der Waals surface area contributed by atoms with Crippen LogP contribution >= 0.6 is 0 Å². The van der Waals surface area contributed by atoms with Gasteiger partial charge in [-0.05, 0) is 61.9 Å². The smallest absolute Gasteiger partial charge is 0.254 e. The summed E-state index contributed by atoms with van der Waals surface area (Å²) >= 11 is 0. The number of likely N-dealkylation sites (N-methyl/N-ethyl adjacent to an activating group) is 1. The van der Waals surface area contributed by atoms with Gasteiger partial charge in [-0.15, -0.1) is 0 Å². The summed E-state index contributed by atoms with van der Waals surface area (Å²) in [7, 11) is 1.87. The van der Waals surface area contributed by atoms with Crippen LogP contribution in [0.25, 0.3) is 0 Å². The van der Waals surface area contributed by atoms with Crippen molar-refractivity contribution < 1.29 is 14.0 Å². The van der Waals surface area contributed by atoms with Crippen LogP contribution in [0, 0.1) is 18.2 Å². The van der Waals surface area contributed by atoms with Crippen LogP contribution in [-0.2, 0) is 17.8 Å². The lowest BCUT2D eigenvalue weighted by Crippen LogP contribution is -2.46. The molecule has 2 fully saturated rings. The summed E-state index contributed by atoms with van der Waals surface area (Å²) in [5.74, 6) is 0.855. The number of likely N-dealkylation sites (tertiary alicyclic amines) is 2. The zero-order valence-corrected chi connectivity index (χ0v) is 20.3. The summed E-state index contributed by atoms with van der Waals surface area (Å²) in [6, 6.07) is 14.4. The Balaban J connectivity index is 1.26. The van der Waals surface area contributed by atoms with Gasteiger partial charge in [0, 0.05) is 50.7 Å². The van der Waals surface area contributed by atoms with Crippen molar-refractivity contribution in [3.63, 3.8) is 0 Å². The van der Waals surface area contributed by atoms with Gasteiger partial charge in [-0.3, -0.25) is 9.59 Å². The Bertz CT molecular complexity index is 1230. The second-order valence-electron chi connectivity index (χ2n) is 9.94. The molecule has 182 valence electrons. The predicted molar refractivity (Wildman–Crippen MR) is 131 cm³/mol. The summed E-state index contributed by atoms with van der Waals surface area (Å²) < 4.78 is 15.3. The van der Waals surface area contributed by atoms with E-state index in [4.69, 9.17) is 0 Å². The number of aromatic nitrogens is 2. The van der Waals surface area contributed by atoms with Crippen molar-refractivity contribution in [3.8, 4) is 0 Å². The number of imidazole rings is 1. The van der Waals surface area contributed by atoms with E-state index in [-0.39, 0.29) is 23.7 Å². The summed E-state index contributed by atoms with van der Waals surface area (Å²) in [5, 5.41) is 0. The zero-order valence-electron chi connectivity index (χ0n) is 20.3. The van der Waals surface area contributed by atoms with E-state index < -0.39 is 5.41 Å². The number of hydrogen-bond donors (Lipinski definition) is 0. The lowest BCUT2D eigenvalue weighted by molar-refractivity contribution is -0.137. The predicted octanol–water partition coefficient (Wildman–Crippen LogP) is 4.07. The van der Waals surface area contributed by atoms with E-state index in [0.717, 1.165) is 23.4 Å². The first-order valence-corrected chi connectivity index (χ1v) is 12.2. The van der Waals surface area contributed by atoms with E-state index in [0.29, 0.717) is 44.5 Å². The van der Waals surface area contributed by atoms with Gasteiger partial charge in [0.15, 0.2) is 0 Å². The topological polar surface area (TPSA) is 58.4 Å². The monoisotopic (exact) mass is 474 g/mol. The second kappa shape index (κ2) is 9.29. The number of amides is 2. The van der Waals surface area contributed by atoms with Gasteiger partial charge in [-0.1, -0.05) is 30.3 Å². The fourth-order valence-corrected chi connectivity index (χ4v) is 5.66. The summed E-state index contributed by atoms with van der Waals surface area (Å²) in [6.45, 7) is 3.69. The van der Waals surface area contributed by atoms with Crippen molar-refractivity contribution in [1.29, 1.82) is 0 Å². The van der Waals surface area contributed by atoms with Crippen molar-refractivity contribution in [2.75, 3.05) is 20.1 Å². The minimum absolute atomic E-state index is 0.0230. The minimum Gasteiger partial charge on any atom is -0.342 e. The number of aryl methyl sites for hydroxylation is 1. The highest BCUT2D eigenvalue weighted by Crippen LogP contribution is 2.45. The van der Waals surface area contributed by atoms with E-state index in [9.17, 15) is 14.0 Å². The van der Waals surface area contributed by atoms with Crippen molar-refractivity contribution in [2.45, 2.75) is 45.2 Å². The van der Waals surface area contributed by atoms with E-state index >= 15 is 0 Å². The third-order valence-corrected chi connectivity index (χ3v) is 7.85. The number of piperidine rings is 1. The molecule has 1 spiro atoms. The molecule has 2 aromatic carbocycles. The zero-order chi connectivity index (χ0) is 24.6. The van der Waals surface area contributed by atoms with Gasteiger partial charge in [-0.2, -0.15) is 0 Å². The highest BCUT2D eigenvalue weighted by atomic mass is 19.1. The van der Waals surface area contributed by atoms with E-state index in [1.165, 1.54) is 12.1 Å². The molecule has 1 aromatic heterocycles. The van der Waals surface area contributed by atoms with Crippen LogP contribution in [0.3, 0.4) is 0 Å². The average Bonchev–Trinajstić information content (AvgIpc) is 3.37. The Kier molecular flexibility index (Phi) is 6.17. The van der Waals surface area contributed by atoms with Crippen LogP contribution in [0.2, 0.25) is 0 Å². The fourth-order valence-electron chi connectivity index (χ4n) is 5.66. The summed E-state index contributed by atoms with van der Waals surface area (Å²) in [4.78, 5) is 34.8. The molecule has 6 nitrogen and oxygen atoms in total. The number of halogens is 1. The number of benzene rings is 2. The maximum atomic E-state index is 13.5. The van der Waals surface area contributed by atoms with Crippen LogP contribution in [0.4, 0.5) is 4.39 Å². The third-order valence-electron chi connectivity index (χ3n) is 7.85. The fraction of sp³-hybridized carbons (Fsp3) is 0.393. The maximum Gasteiger partial charge on any atom is 0.254 e. The van der Waals surface area contributed by atoms with Crippen molar-refractivity contribution >= 4 is 11.8 Å².